The molecule has 3 aromatic rings. The summed E-state index contributed by atoms with van der Waals surface area (Å²) < 4.78 is 3.24. The van der Waals surface area contributed by atoms with Crippen LogP contribution in [-0.4, -0.2) is 9.78 Å². The van der Waals surface area contributed by atoms with Crippen LogP contribution in [0.5, 0.6) is 0 Å². The molecule has 0 fully saturated rings. The number of hydrogen-bond donors (Lipinski definition) is 0. The molecular weight excluding hydrogens is 336 g/mol. The molecule has 3 rings (SSSR count). The van der Waals surface area contributed by atoms with Gasteiger partial charge in [-0.15, -0.1) is 0 Å². The van der Waals surface area contributed by atoms with Gasteiger partial charge in [-0.1, -0.05) is 48.0 Å². The van der Waals surface area contributed by atoms with Crippen LogP contribution in [0.4, 0.5) is 0 Å². The van der Waals surface area contributed by atoms with Crippen molar-refractivity contribution in [1.82, 2.24) is 9.78 Å². The molecule has 3 heteroatoms. The van der Waals surface area contributed by atoms with E-state index in [1.165, 1.54) is 33.3 Å². The summed E-state index contributed by atoms with van der Waals surface area (Å²) in [6.07, 6.45) is 0. The molecule has 1 aromatic heterocycles. The van der Waals surface area contributed by atoms with E-state index in [9.17, 15) is 0 Å². The van der Waals surface area contributed by atoms with Crippen molar-refractivity contribution < 1.29 is 0 Å². The molecule has 0 aliphatic heterocycles. The quantitative estimate of drug-likeness (QED) is 0.598. The molecule has 0 N–H and O–H groups in total. The lowest BCUT2D eigenvalue weighted by atomic mass is 10.0. The fraction of sp³-hybridized carbons (Fsp3) is 0.316. The number of aryl methyl sites for hydroxylation is 2. The largest absolute Gasteiger partial charge is 0.260 e. The molecule has 0 spiro atoms. The van der Waals surface area contributed by atoms with Gasteiger partial charge in [-0.25, -0.2) is 0 Å². The molecule has 0 aliphatic rings. The summed E-state index contributed by atoms with van der Waals surface area (Å²) in [4.78, 5) is 0. The summed E-state index contributed by atoms with van der Waals surface area (Å²) in [5, 5.41) is 6.16. The van der Waals surface area contributed by atoms with Gasteiger partial charge in [0.1, 0.15) is 0 Å². The van der Waals surface area contributed by atoms with Gasteiger partial charge in [-0.05, 0) is 54.7 Å². The van der Waals surface area contributed by atoms with E-state index in [-0.39, 0.29) is 0 Å². The first kappa shape index (κ1) is 15.3. The minimum atomic E-state index is 0.419. The van der Waals surface area contributed by atoms with Gasteiger partial charge in [-0.2, -0.15) is 5.10 Å². The molecule has 0 unspecified atom stereocenters. The van der Waals surface area contributed by atoms with Crippen molar-refractivity contribution >= 4 is 26.8 Å². The van der Waals surface area contributed by atoms with Gasteiger partial charge in [0.25, 0.3) is 0 Å². The van der Waals surface area contributed by atoms with Crippen LogP contribution in [0.2, 0.25) is 0 Å². The van der Waals surface area contributed by atoms with Crippen molar-refractivity contribution in [3.05, 3.63) is 63.3 Å². The summed E-state index contributed by atoms with van der Waals surface area (Å²) in [6, 6.07) is 12.9. The highest BCUT2D eigenvalue weighted by Crippen LogP contribution is 2.28. The standard InChI is InChI=1S/C19H21BrN2/c1-12(2)19-16-9-8-15(20)10-18(16)22(21-19)11-17-13(3)6-5-7-14(17)4/h5-10,12H,11H2,1-4H3. The zero-order valence-electron chi connectivity index (χ0n) is 13.5. The first-order valence-electron chi connectivity index (χ1n) is 7.68. The minimum absolute atomic E-state index is 0.419. The van der Waals surface area contributed by atoms with E-state index in [1.54, 1.807) is 0 Å². The number of aromatic nitrogens is 2. The fourth-order valence-corrected chi connectivity index (χ4v) is 3.32. The predicted octanol–water partition coefficient (Wildman–Crippen LogP) is 5.59. The maximum Gasteiger partial charge on any atom is 0.0728 e. The average molecular weight is 357 g/mol. The first-order valence-corrected chi connectivity index (χ1v) is 8.47. The van der Waals surface area contributed by atoms with Crippen molar-refractivity contribution in [2.24, 2.45) is 0 Å². The van der Waals surface area contributed by atoms with E-state index < -0.39 is 0 Å². The van der Waals surface area contributed by atoms with Crippen LogP contribution < -0.4 is 0 Å². The van der Waals surface area contributed by atoms with Crippen LogP contribution in [0.3, 0.4) is 0 Å². The van der Waals surface area contributed by atoms with Crippen molar-refractivity contribution in [2.75, 3.05) is 0 Å². The van der Waals surface area contributed by atoms with Crippen molar-refractivity contribution in [1.29, 1.82) is 0 Å². The lowest BCUT2D eigenvalue weighted by Crippen LogP contribution is -2.06. The lowest BCUT2D eigenvalue weighted by molar-refractivity contribution is 0.671. The van der Waals surface area contributed by atoms with Gasteiger partial charge in [0.2, 0.25) is 0 Å². The number of nitrogens with zero attached hydrogens (tertiary/aromatic N) is 2. The molecule has 0 saturated heterocycles. The molecule has 22 heavy (non-hydrogen) atoms. The molecule has 2 nitrogen and oxygen atoms in total. The molecule has 114 valence electrons. The van der Waals surface area contributed by atoms with Gasteiger partial charge >= 0.3 is 0 Å². The molecule has 1 heterocycles. The highest BCUT2D eigenvalue weighted by atomic mass is 79.9. The van der Waals surface area contributed by atoms with Gasteiger partial charge in [-0.3, -0.25) is 4.68 Å². The maximum absolute atomic E-state index is 4.90. The van der Waals surface area contributed by atoms with Crippen molar-refractivity contribution in [3.63, 3.8) is 0 Å². The highest BCUT2D eigenvalue weighted by molar-refractivity contribution is 9.10. The Balaban J connectivity index is 2.16. The topological polar surface area (TPSA) is 17.8 Å². The smallest absolute Gasteiger partial charge is 0.0728 e. The first-order chi connectivity index (χ1) is 10.5. The second-order valence-corrected chi connectivity index (χ2v) is 7.15. The Labute approximate surface area is 140 Å². The van der Waals surface area contributed by atoms with Crippen LogP contribution in [0.15, 0.2) is 40.9 Å². The monoisotopic (exact) mass is 356 g/mol. The molecule has 0 radical (unpaired) electrons. The van der Waals surface area contributed by atoms with Crippen LogP contribution >= 0.6 is 15.9 Å². The molecule has 0 aliphatic carbocycles. The Morgan fingerprint density at radius 1 is 1.09 bits per heavy atom. The third-order valence-corrected chi connectivity index (χ3v) is 4.73. The van der Waals surface area contributed by atoms with Gasteiger partial charge in [0.15, 0.2) is 0 Å². The Bertz CT molecular complexity index is 811. The maximum atomic E-state index is 4.90. The Hall–Kier alpha value is -1.61. The number of benzene rings is 2. The number of halogens is 1. The molecule has 0 bridgehead atoms. The van der Waals surface area contributed by atoms with Gasteiger partial charge in [0, 0.05) is 9.86 Å². The van der Waals surface area contributed by atoms with E-state index >= 15 is 0 Å². The molecule has 2 aromatic carbocycles. The number of hydrogen-bond acceptors (Lipinski definition) is 1. The predicted molar refractivity (Wildman–Crippen MR) is 96.5 cm³/mol. The normalized spacial score (nSPS) is 11.5. The Kier molecular flexibility index (Phi) is 4.09. The van der Waals surface area contributed by atoms with Crippen LogP contribution in [0, 0.1) is 13.8 Å². The summed E-state index contributed by atoms with van der Waals surface area (Å²) in [5.74, 6) is 0.419. The van der Waals surface area contributed by atoms with Gasteiger partial charge in [0.05, 0.1) is 17.8 Å². The zero-order chi connectivity index (χ0) is 15.9. The summed E-state index contributed by atoms with van der Waals surface area (Å²) >= 11 is 3.59. The Morgan fingerprint density at radius 3 is 2.41 bits per heavy atom. The summed E-state index contributed by atoms with van der Waals surface area (Å²) in [7, 11) is 0. The molecular formula is C19H21BrN2. The SMILES string of the molecule is Cc1cccc(C)c1Cn1nc(C(C)C)c2ccc(Br)cc21. The van der Waals surface area contributed by atoms with E-state index in [0.29, 0.717) is 5.92 Å². The highest BCUT2D eigenvalue weighted by Gasteiger charge is 2.15. The van der Waals surface area contributed by atoms with Gasteiger partial charge < -0.3 is 0 Å². The van der Waals surface area contributed by atoms with E-state index in [0.717, 1.165) is 11.0 Å². The summed E-state index contributed by atoms with van der Waals surface area (Å²) in [6.45, 7) is 9.57. The van der Waals surface area contributed by atoms with Crippen LogP contribution in [0.25, 0.3) is 10.9 Å². The van der Waals surface area contributed by atoms with Crippen molar-refractivity contribution in [2.45, 2.75) is 40.2 Å². The van der Waals surface area contributed by atoms with E-state index in [1.807, 2.05) is 0 Å². The molecule has 0 saturated carbocycles. The van der Waals surface area contributed by atoms with E-state index in [2.05, 4.69) is 84.7 Å². The van der Waals surface area contributed by atoms with Crippen molar-refractivity contribution in [3.8, 4) is 0 Å². The molecule has 0 amide bonds. The second kappa shape index (κ2) is 5.88. The fourth-order valence-electron chi connectivity index (χ4n) is 2.97. The molecule has 0 atom stereocenters. The van der Waals surface area contributed by atoms with Crippen LogP contribution in [0.1, 0.15) is 42.1 Å². The van der Waals surface area contributed by atoms with E-state index in [4.69, 9.17) is 5.10 Å². The number of fused-ring (bicyclic) bond motifs is 1. The second-order valence-electron chi connectivity index (χ2n) is 6.23. The minimum Gasteiger partial charge on any atom is -0.260 e. The number of rotatable bonds is 3. The lowest BCUT2D eigenvalue weighted by Gasteiger charge is -2.11. The third kappa shape index (κ3) is 2.70. The van der Waals surface area contributed by atoms with Crippen LogP contribution in [-0.2, 0) is 6.54 Å². The average Bonchev–Trinajstić information content (AvgIpc) is 2.81. The zero-order valence-corrected chi connectivity index (χ0v) is 15.1. The Morgan fingerprint density at radius 2 is 1.77 bits per heavy atom. The third-order valence-electron chi connectivity index (χ3n) is 4.24. The summed E-state index contributed by atoms with van der Waals surface area (Å²) in [5.41, 5.74) is 6.38.